The van der Waals surface area contributed by atoms with Crippen LogP contribution in [0.2, 0.25) is 33.2 Å². The molecule has 0 aliphatic heterocycles. The average Bonchev–Trinajstić information content (AvgIpc) is 2.99. The number of halogens is 1. The van der Waals surface area contributed by atoms with Crippen LogP contribution in [0.3, 0.4) is 0 Å². The molecule has 4 nitrogen and oxygen atoms in total. The third-order valence-electron chi connectivity index (χ3n) is 10.7. The number of hydrogen-bond acceptors (Lipinski definition) is 4. The predicted molar refractivity (Wildman–Crippen MR) is 211 cm³/mol. The summed E-state index contributed by atoms with van der Waals surface area (Å²) in [6, 6.07) is 14.2. The summed E-state index contributed by atoms with van der Waals surface area (Å²) in [4.78, 5) is 21.2. The molecule has 0 fully saturated rings. The van der Waals surface area contributed by atoms with Crippen LogP contribution in [0, 0.1) is 22.9 Å². The van der Waals surface area contributed by atoms with Crippen molar-refractivity contribution in [2.24, 2.45) is 0 Å². The first-order valence-electron chi connectivity index (χ1n) is 17.2. The van der Waals surface area contributed by atoms with Gasteiger partial charge in [0, 0.05) is 4.47 Å². The number of para-hydroxylation sites is 2. The van der Waals surface area contributed by atoms with Gasteiger partial charge in [0.15, 0.2) is 0 Å². The number of hydrogen-bond donors (Lipinski definition) is 0. The first kappa shape index (κ1) is 35.2. The summed E-state index contributed by atoms with van der Waals surface area (Å²) in [7, 11) is -4.16. The molecule has 5 aromatic rings. The SMILES string of the molecule is CC(C)[Si](C#Cc1c2nc3ccccc3nc2c(C#C[Si](C(C)C)(C(C)C)C(C)C)c2nc3cc(Br)ccc3nc12)(C(C)C)C(C)C. The summed E-state index contributed by atoms with van der Waals surface area (Å²) < 4.78 is 0.963. The Bertz CT molecular complexity index is 2070. The molecule has 0 spiro atoms. The van der Waals surface area contributed by atoms with Crippen molar-refractivity contribution >= 4 is 76.2 Å². The molecule has 3 aromatic carbocycles. The third kappa shape index (κ3) is 6.05. The molecule has 7 heteroatoms. The van der Waals surface area contributed by atoms with Gasteiger partial charge in [-0.1, -0.05) is 123 Å². The van der Waals surface area contributed by atoms with Crippen molar-refractivity contribution in [3.05, 3.63) is 58.1 Å². The molecule has 0 atom stereocenters. The largest absolute Gasteiger partial charge is 0.243 e. The Hall–Kier alpha value is -3.11. The monoisotopic (exact) mass is 720 g/mol. The maximum Gasteiger partial charge on any atom is 0.146 e. The van der Waals surface area contributed by atoms with Crippen molar-refractivity contribution in [3.63, 3.8) is 0 Å². The van der Waals surface area contributed by atoms with Gasteiger partial charge in [0.2, 0.25) is 0 Å². The van der Waals surface area contributed by atoms with Gasteiger partial charge in [-0.2, -0.15) is 0 Å². The van der Waals surface area contributed by atoms with E-state index in [9.17, 15) is 0 Å². The lowest BCUT2D eigenvalue weighted by atomic mass is 10.0. The molecule has 0 aliphatic carbocycles. The minimum atomic E-state index is -2.08. The fourth-order valence-electron chi connectivity index (χ4n) is 8.39. The Kier molecular flexibility index (Phi) is 10.1. The topological polar surface area (TPSA) is 51.6 Å². The molecule has 0 bridgehead atoms. The van der Waals surface area contributed by atoms with Crippen molar-refractivity contribution in [1.29, 1.82) is 0 Å². The van der Waals surface area contributed by atoms with Crippen LogP contribution in [0.25, 0.3) is 44.1 Å². The van der Waals surface area contributed by atoms with Gasteiger partial charge in [0.1, 0.15) is 38.2 Å². The highest BCUT2D eigenvalue weighted by Gasteiger charge is 2.43. The lowest BCUT2D eigenvalue weighted by Gasteiger charge is -2.38. The molecule has 2 heterocycles. The summed E-state index contributed by atoms with van der Waals surface area (Å²) in [5, 5.41) is 0. The van der Waals surface area contributed by atoms with Gasteiger partial charge in [-0.15, -0.1) is 11.1 Å². The molecule has 0 radical (unpaired) electrons. The molecule has 0 amide bonds. The second-order valence-electron chi connectivity index (χ2n) is 15.0. The molecule has 244 valence electrons. The summed E-state index contributed by atoms with van der Waals surface area (Å²) in [5.41, 5.74) is 18.9. The van der Waals surface area contributed by atoms with Gasteiger partial charge in [-0.25, -0.2) is 19.9 Å². The van der Waals surface area contributed by atoms with E-state index in [1.165, 1.54) is 0 Å². The van der Waals surface area contributed by atoms with Crippen LogP contribution in [0.4, 0.5) is 0 Å². The highest BCUT2D eigenvalue weighted by Crippen LogP contribution is 2.43. The Morgan fingerprint density at radius 3 is 1.13 bits per heavy atom. The van der Waals surface area contributed by atoms with Crippen molar-refractivity contribution < 1.29 is 0 Å². The van der Waals surface area contributed by atoms with Crippen LogP contribution in [-0.4, -0.2) is 36.1 Å². The standard InChI is InChI=1S/C40H49BrN4Si2/c1-24(2)46(25(3)4,26(5)6)21-19-31-37-38(43-34-16-14-13-15-33(34)42-37)32(20-22-47(27(7)8,28(9)10)29(11)12)40-39(31)44-35-18-17-30(41)23-36(35)45-40/h13-18,23-29H,1-12H3. The van der Waals surface area contributed by atoms with E-state index >= 15 is 0 Å². The van der Waals surface area contributed by atoms with Crippen LogP contribution in [0.15, 0.2) is 46.9 Å². The molecule has 0 saturated heterocycles. The van der Waals surface area contributed by atoms with Crippen LogP contribution in [-0.2, 0) is 0 Å². The lowest BCUT2D eigenvalue weighted by molar-refractivity contribution is 0.838. The minimum Gasteiger partial charge on any atom is -0.243 e. The van der Waals surface area contributed by atoms with Gasteiger partial charge in [-0.3, -0.25) is 0 Å². The molecule has 0 saturated carbocycles. The predicted octanol–water partition coefficient (Wildman–Crippen LogP) is 11.8. The molecule has 0 N–H and O–H groups in total. The second-order valence-corrected chi connectivity index (χ2v) is 27.1. The Labute approximate surface area is 292 Å². The Morgan fingerprint density at radius 2 is 0.787 bits per heavy atom. The molecule has 47 heavy (non-hydrogen) atoms. The minimum absolute atomic E-state index is 0.494. The van der Waals surface area contributed by atoms with E-state index in [0.29, 0.717) is 33.2 Å². The number of aromatic nitrogens is 4. The molecule has 5 rings (SSSR count). The maximum absolute atomic E-state index is 5.31. The number of rotatable bonds is 6. The van der Waals surface area contributed by atoms with Crippen LogP contribution >= 0.6 is 15.9 Å². The molecular formula is C40H49BrN4Si2. The van der Waals surface area contributed by atoms with Crippen molar-refractivity contribution in [2.45, 2.75) is 116 Å². The Morgan fingerprint density at radius 1 is 0.468 bits per heavy atom. The zero-order chi connectivity index (χ0) is 34.4. The van der Waals surface area contributed by atoms with Gasteiger partial charge in [0.05, 0.1) is 33.2 Å². The summed E-state index contributed by atoms with van der Waals surface area (Å²) in [5.74, 6) is 7.54. The highest BCUT2D eigenvalue weighted by molar-refractivity contribution is 9.10. The van der Waals surface area contributed by atoms with E-state index in [4.69, 9.17) is 19.9 Å². The van der Waals surface area contributed by atoms with E-state index < -0.39 is 16.1 Å². The van der Waals surface area contributed by atoms with Crippen molar-refractivity contribution in [2.75, 3.05) is 0 Å². The first-order valence-corrected chi connectivity index (χ1v) is 22.5. The molecular weight excluding hydrogens is 673 g/mol. The van der Waals surface area contributed by atoms with Crippen LogP contribution in [0.1, 0.15) is 94.2 Å². The normalized spacial score (nSPS) is 12.7. The zero-order valence-electron chi connectivity index (χ0n) is 30.2. The summed E-state index contributed by atoms with van der Waals surface area (Å²) in [6.07, 6.45) is 0. The van der Waals surface area contributed by atoms with Crippen molar-refractivity contribution in [1.82, 2.24) is 19.9 Å². The zero-order valence-corrected chi connectivity index (χ0v) is 33.8. The van der Waals surface area contributed by atoms with E-state index in [-0.39, 0.29) is 0 Å². The Balaban J connectivity index is 2.04. The number of fused-ring (bicyclic) bond motifs is 4. The van der Waals surface area contributed by atoms with Gasteiger partial charge >= 0.3 is 0 Å². The van der Waals surface area contributed by atoms with Gasteiger partial charge in [-0.05, 0) is 63.6 Å². The van der Waals surface area contributed by atoms with Gasteiger partial charge < -0.3 is 0 Å². The van der Waals surface area contributed by atoms with Crippen molar-refractivity contribution in [3.8, 4) is 22.9 Å². The molecule has 0 aliphatic rings. The maximum atomic E-state index is 5.31. The second kappa shape index (κ2) is 13.4. The highest BCUT2D eigenvalue weighted by atomic mass is 79.9. The van der Waals surface area contributed by atoms with E-state index in [0.717, 1.165) is 59.7 Å². The van der Waals surface area contributed by atoms with E-state index in [1.807, 2.05) is 42.5 Å². The lowest BCUT2D eigenvalue weighted by Crippen LogP contribution is -2.43. The van der Waals surface area contributed by atoms with E-state index in [2.05, 4.69) is 122 Å². The van der Waals surface area contributed by atoms with E-state index in [1.54, 1.807) is 0 Å². The van der Waals surface area contributed by atoms with Crippen LogP contribution < -0.4 is 0 Å². The fraction of sp³-hybridized carbons (Fsp3) is 0.450. The fourth-order valence-corrected chi connectivity index (χ4v) is 19.2. The first-order chi connectivity index (χ1) is 22.1. The average molecular weight is 722 g/mol. The number of benzene rings is 3. The van der Waals surface area contributed by atoms with Gasteiger partial charge in [0.25, 0.3) is 0 Å². The third-order valence-corrected chi connectivity index (χ3v) is 23.8. The summed E-state index contributed by atoms with van der Waals surface area (Å²) in [6.45, 7) is 28.2. The number of nitrogens with zero attached hydrogens (tertiary/aromatic N) is 4. The quantitative estimate of drug-likeness (QED) is 0.0995. The smallest absolute Gasteiger partial charge is 0.146 e. The molecule has 2 aromatic heterocycles. The summed E-state index contributed by atoms with van der Waals surface area (Å²) >= 11 is 3.66. The van der Waals surface area contributed by atoms with Crippen LogP contribution in [0.5, 0.6) is 0 Å². The molecule has 0 unspecified atom stereocenters.